The molecule has 0 fully saturated rings. The fraction of sp³-hybridized carbons (Fsp3) is 0.552. The molecule has 0 bridgehead atoms. The first-order valence-corrected chi connectivity index (χ1v) is 16.6. The van der Waals surface area contributed by atoms with Gasteiger partial charge in [0.1, 0.15) is 11.8 Å². The minimum atomic E-state index is -1.84. The lowest BCUT2D eigenvalue weighted by Crippen LogP contribution is -2.46. The fourth-order valence-corrected chi connectivity index (χ4v) is 5.02. The zero-order chi connectivity index (χ0) is 28.8. The Balaban J connectivity index is 1.63. The Morgan fingerprint density at radius 3 is 2.49 bits per heavy atom. The zero-order valence-corrected chi connectivity index (χ0v) is 25.6. The second kappa shape index (κ2) is 12.8. The van der Waals surface area contributed by atoms with Crippen LogP contribution in [0.3, 0.4) is 0 Å². The number of aromatic nitrogens is 2. The molecule has 1 N–H and O–H groups in total. The quantitative estimate of drug-likeness (QED) is 0.329. The van der Waals surface area contributed by atoms with Crippen molar-refractivity contribution in [3.63, 3.8) is 0 Å². The SMILES string of the molecule is CCOc1ccccc1OC1=CC(=O)N([C@@H](CC(C)C)C(=O)Nc2ccn(CCO[Si](C)(C)C(C)(C)C)n2)C1. The Bertz CT molecular complexity index is 1170. The smallest absolute Gasteiger partial charge is 0.251 e. The van der Waals surface area contributed by atoms with Crippen molar-refractivity contribution in [2.45, 2.75) is 78.7 Å². The van der Waals surface area contributed by atoms with E-state index in [2.05, 4.69) is 44.3 Å². The van der Waals surface area contributed by atoms with E-state index in [0.717, 1.165) is 0 Å². The third-order valence-electron chi connectivity index (χ3n) is 7.14. The van der Waals surface area contributed by atoms with Crippen LogP contribution in [0.2, 0.25) is 18.1 Å². The van der Waals surface area contributed by atoms with Gasteiger partial charge in [-0.15, -0.1) is 0 Å². The van der Waals surface area contributed by atoms with E-state index >= 15 is 0 Å². The number of hydrogen-bond acceptors (Lipinski definition) is 6. The number of benzene rings is 1. The Labute approximate surface area is 233 Å². The molecule has 0 saturated carbocycles. The Hall–Kier alpha value is -3.11. The Morgan fingerprint density at radius 2 is 1.85 bits per heavy atom. The van der Waals surface area contributed by atoms with E-state index in [4.69, 9.17) is 13.9 Å². The fourth-order valence-electron chi connectivity index (χ4n) is 3.98. The summed E-state index contributed by atoms with van der Waals surface area (Å²) in [5.74, 6) is 1.73. The van der Waals surface area contributed by atoms with Gasteiger partial charge in [0, 0.05) is 18.3 Å². The molecule has 3 rings (SSSR count). The molecule has 0 radical (unpaired) electrons. The second-order valence-electron chi connectivity index (χ2n) is 11.8. The van der Waals surface area contributed by atoms with E-state index in [0.29, 0.717) is 49.3 Å². The number of ether oxygens (including phenoxy) is 2. The van der Waals surface area contributed by atoms with E-state index < -0.39 is 14.4 Å². The molecule has 0 aliphatic carbocycles. The van der Waals surface area contributed by atoms with Crippen molar-refractivity contribution in [2.75, 3.05) is 25.1 Å². The van der Waals surface area contributed by atoms with Crippen LogP contribution in [0.4, 0.5) is 5.82 Å². The first-order chi connectivity index (χ1) is 18.3. The molecule has 2 amide bonds. The molecule has 1 aliphatic rings. The summed E-state index contributed by atoms with van der Waals surface area (Å²) in [4.78, 5) is 27.9. The van der Waals surface area contributed by atoms with E-state index in [-0.39, 0.29) is 29.3 Å². The summed E-state index contributed by atoms with van der Waals surface area (Å²) >= 11 is 0. The first-order valence-electron chi connectivity index (χ1n) is 13.7. The van der Waals surface area contributed by atoms with Gasteiger partial charge in [0.15, 0.2) is 25.6 Å². The lowest BCUT2D eigenvalue weighted by atomic mass is 10.0. The molecular formula is C29H44N4O5Si. The van der Waals surface area contributed by atoms with Gasteiger partial charge in [-0.3, -0.25) is 14.3 Å². The highest BCUT2D eigenvalue weighted by molar-refractivity contribution is 6.74. The highest BCUT2D eigenvalue weighted by Gasteiger charge is 2.37. The summed E-state index contributed by atoms with van der Waals surface area (Å²) in [7, 11) is -1.84. The number of carbonyl (C=O) groups excluding carboxylic acids is 2. The molecular weight excluding hydrogens is 512 g/mol. The molecule has 0 spiro atoms. The zero-order valence-electron chi connectivity index (χ0n) is 24.6. The molecule has 2 aromatic rings. The first kappa shape index (κ1) is 30.4. The van der Waals surface area contributed by atoms with Crippen LogP contribution in [0.25, 0.3) is 0 Å². The summed E-state index contributed by atoms with van der Waals surface area (Å²) in [6, 6.07) is 8.43. The lowest BCUT2D eigenvalue weighted by molar-refractivity contribution is -0.133. The molecule has 214 valence electrons. The van der Waals surface area contributed by atoms with E-state index in [1.807, 2.05) is 45.2 Å². The van der Waals surface area contributed by atoms with Gasteiger partial charge >= 0.3 is 0 Å². The summed E-state index contributed by atoms with van der Waals surface area (Å²) in [5, 5.41) is 7.55. The van der Waals surface area contributed by atoms with Gasteiger partial charge in [-0.2, -0.15) is 5.10 Å². The van der Waals surface area contributed by atoms with Crippen molar-refractivity contribution in [1.82, 2.24) is 14.7 Å². The largest absolute Gasteiger partial charge is 0.490 e. The minimum absolute atomic E-state index is 0.140. The molecule has 0 saturated heterocycles. The molecule has 10 heteroatoms. The van der Waals surface area contributed by atoms with Crippen LogP contribution in [0.15, 0.2) is 48.4 Å². The van der Waals surface area contributed by atoms with Gasteiger partial charge in [0.2, 0.25) is 5.91 Å². The third-order valence-corrected chi connectivity index (χ3v) is 11.7. The van der Waals surface area contributed by atoms with Crippen LogP contribution in [0, 0.1) is 5.92 Å². The topological polar surface area (TPSA) is 94.9 Å². The number of carbonyl (C=O) groups is 2. The number of rotatable bonds is 13. The van der Waals surface area contributed by atoms with Gasteiger partial charge in [-0.25, -0.2) is 0 Å². The predicted molar refractivity (Wildman–Crippen MR) is 155 cm³/mol. The number of nitrogens with zero attached hydrogens (tertiary/aromatic N) is 3. The van der Waals surface area contributed by atoms with Crippen LogP contribution in [-0.4, -0.2) is 60.6 Å². The van der Waals surface area contributed by atoms with Gasteiger partial charge in [0.05, 0.1) is 26.3 Å². The van der Waals surface area contributed by atoms with E-state index in [9.17, 15) is 9.59 Å². The van der Waals surface area contributed by atoms with Crippen LogP contribution in [0.1, 0.15) is 48.0 Å². The monoisotopic (exact) mass is 556 g/mol. The maximum atomic E-state index is 13.4. The maximum Gasteiger partial charge on any atom is 0.251 e. The Morgan fingerprint density at radius 1 is 1.15 bits per heavy atom. The normalized spacial score (nSPS) is 14.9. The number of para-hydroxylation sites is 2. The van der Waals surface area contributed by atoms with Crippen molar-refractivity contribution in [1.29, 1.82) is 0 Å². The molecule has 1 aromatic heterocycles. The van der Waals surface area contributed by atoms with Gasteiger partial charge < -0.3 is 24.1 Å². The number of hydrogen-bond donors (Lipinski definition) is 1. The second-order valence-corrected chi connectivity index (χ2v) is 16.6. The molecule has 39 heavy (non-hydrogen) atoms. The standard InChI is InChI=1S/C29H44N4O5Si/c1-9-36-24-12-10-11-13-25(24)38-22-19-27(34)33(20-22)23(18-21(2)3)28(35)30-26-14-15-32(31-26)16-17-37-39(7,8)29(4,5)6/h10-15,19,21,23H,9,16-18,20H2,1-8H3,(H,30,31,35)/t23-/m0/s1. The van der Waals surface area contributed by atoms with E-state index in [1.54, 1.807) is 21.7 Å². The number of anilines is 1. The van der Waals surface area contributed by atoms with E-state index in [1.165, 1.54) is 6.08 Å². The molecule has 0 unspecified atom stereocenters. The minimum Gasteiger partial charge on any atom is -0.490 e. The van der Waals surface area contributed by atoms with Crippen LogP contribution in [-0.2, 0) is 20.6 Å². The van der Waals surface area contributed by atoms with Crippen LogP contribution in [0.5, 0.6) is 11.5 Å². The average molecular weight is 557 g/mol. The molecule has 2 heterocycles. The Kier molecular flexibility index (Phi) is 10.0. The highest BCUT2D eigenvalue weighted by atomic mass is 28.4. The molecule has 1 atom stereocenters. The average Bonchev–Trinajstić information content (AvgIpc) is 3.43. The highest BCUT2D eigenvalue weighted by Crippen LogP contribution is 2.36. The summed E-state index contributed by atoms with van der Waals surface area (Å²) in [6.07, 6.45) is 3.78. The lowest BCUT2D eigenvalue weighted by Gasteiger charge is -2.36. The van der Waals surface area contributed by atoms with Gasteiger partial charge in [-0.1, -0.05) is 46.8 Å². The maximum absolute atomic E-state index is 13.4. The molecule has 9 nitrogen and oxygen atoms in total. The predicted octanol–water partition coefficient (Wildman–Crippen LogP) is 5.46. The van der Waals surface area contributed by atoms with Crippen molar-refractivity contribution < 1.29 is 23.5 Å². The number of nitrogens with one attached hydrogen (secondary N) is 1. The molecule has 1 aliphatic heterocycles. The van der Waals surface area contributed by atoms with Gasteiger partial charge in [0.25, 0.3) is 5.91 Å². The van der Waals surface area contributed by atoms with Crippen LogP contribution >= 0.6 is 0 Å². The van der Waals surface area contributed by atoms with Crippen LogP contribution < -0.4 is 14.8 Å². The summed E-state index contributed by atoms with van der Waals surface area (Å²) in [6.45, 7) is 18.9. The van der Waals surface area contributed by atoms with Crippen molar-refractivity contribution >= 4 is 25.9 Å². The summed E-state index contributed by atoms with van der Waals surface area (Å²) < 4.78 is 19.7. The van der Waals surface area contributed by atoms with Crippen molar-refractivity contribution in [3.05, 3.63) is 48.4 Å². The third kappa shape index (κ3) is 8.19. The van der Waals surface area contributed by atoms with Crippen molar-refractivity contribution in [3.8, 4) is 11.5 Å². The summed E-state index contributed by atoms with van der Waals surface area (Å²) in [5.41, 5.74) is 0. The molecule has 1 aromatic carbocycles. The van der Waals surface area contributed by atoms with Crippen molar-refractivity contribution in [2.24, 2.45) is 5.92 Å². The van der Waals surface area contributed by atoms with Gasteiger partial charge in [-0.05, 0) is 49.5 Å². The number of amides is 2.